The Morgan fingerprint density at radius 1 is 1.14 bits per heavy atom. The number of carbonyl (C=O) groups excluding carboxylic acids is 3. The van der Waals surface area contributed by atoms with Crippen molar-refractivity contribution < 1.29 is 23.9 Å². The van der Waals surface area contributed by atoms with Crippen LogP contribution in [-0.2, 0) is 14.3 Å². The minimum Gasteiger partial charge on any atom is -0.462 e. The van der Waals surface area contributed by atoms with Gasteiger partial charge in [-0.1, -0.05) is 0 Å². The first-order valence-corrected chi connectivity index (χ1v) is 8.32. The van der Waals surface area contributed by atoms with E-state index in [2.05, 4.69) is 5.32 Å². The van der Waals surface area contributed by atoms with E-state index in [1.54, 1.807) is 20.1 Å². The maximum absolute atomic E-state index is 12.1. The second-order valence-electron chi connectivity index (χ2n) is 3.79. The monoisotopic (exact) mass is 331 g/mol. The minimum atomic E-state index is -0.572. The number of ether oxygens (including phenoxy) is 2. The third-order valence-corrected chi connectivity index (χ3v) is 4.59. The molecular weight excluding hydrogens is 314 g/mol. The molecule has 1 heterocycles. The van der Waals surface area contributed by atoms with Crippen LogP contribution >= 0.6 is 23.1 Å². The molecule has 0 aliphatic heterocycles. The number of thioether (sulfide) groups is 1. The van der Waals surface area contributed by atoms with E-state index in [4.69, 9.17) is 9.47 Å². The summed E-state index contributed by atoms with van der Waals surface area (Å²) in [7, 11) is 0. The van der Waals surface area contributed by atoms with Crippen LogP contribution in [0.2, 0.25) is 0 Å². The highest BCUT2D eigenvalue weighted by atomic mass is 32.2. The highest BCUT2D eigenvalue weighted by molar-refractivity contribution is 8.00. The van der Waals surface area contributed by atoms with Crippen LogP contribution in [-0.4, -0.2) is 37.3 Å². The number of nitrogens with one attached hydrogen (secondary N) is 1. The molecule has 0 radical (unpaired) electrons. The number of rotatable bonds is 6. The Bertz CT molecular complexity index is 553. The predicted octanol–water partition coefficient (Wildman–Crippen LogP) is 2.78. The van der Waals surface area contributed by atoms with E-state index in [1.165, 1.54) is 18.7 Å². The van der Waals surface area contributed by atoms with Crippen molar-refractivity contribution in [1.82, 2.24) is 0 Å². The lowest BCUT2D eigenvalue weighted by molar-refractivity contribution is -0.114. The summed E-state index contributed by atoms with van der Waals surface area (Å²) in [4.78, 5) is 35.6. The van der Waals surface area contributed by atoms with Crippen LogP contribution in [0.15, 0.2) is 4.21 Å². The molecule has 1 aromatic heterocycles. The standard InChI is InChI=1S/C13H17NO5S2/c1-5-18-11(16)8-9(14-7(3)15)10(12(17)19-6-2)21-13(8)20-4/h5-6H2,1-4H3,(H,14,15). The van der Waals surface area contributed by atoms with Gasteiger partial charge in [0.25, 0.3) is 0 Å². The summed E-state index contributed by atoms with van der Waals surface area (Å²) in [6.45, 7) is 5.09. The zero-order valence-electron chi connectivity index (χ0n) is 12.3. The third kappa shape index (κ3) is 4.21. The maximum Gasteiger partial charge on any atom is 0.350 e. The van der Waals surface area contributed by atoms with E-state index in [0.717, 1.165) is 11.3 Å². The molecule has 21 heavy (non-hydrogen) atoms. The van der Waals surface area contributed by atoms with Crippen LogP contribution in [0.5, 0.6) is 0 Å². The van der Waals surface area contributed by atoms with Gasteiger partial charge in [-0.3, -0.25) is 4.79 Å². The van der Waals surface area contributed by atoms with Gasteiger partial charge >= 0.3 is 11.9 Å². The number of thiophene rings is 1. The van der Waals surface area contributed by atoms with E-state index in [-0.39, 0.29) is 35.2 Å². The van der Waals surface area contributed by atoms with Crippen molar-refractivity contribution in [2.75, 3.05) is 24.8 Å². The Kier molecular flexibility index (Phi) is 6.70. The zero-order chi connectivity index (χ0) is 16.0. The summed E-state index contributed by atoms with van der Waals surface area (Å²) in [5.74, 6) is -1.52. The molecule has 116 valence electrons. The van der Waals surface area contributed by atoms with Gasteiger partial charge < -0.3 is 14.8 Å². The van der Waals surface area contributed by atoms with Gasteiger partial charge in [0, 0.05) is 6.92 Å². The minimum absolute atomic E-state index is 0.161. The van der Waals surface area contributed by atoms with Gasteiger partial charge in [-0.2, -0.15) is 0 Å². The van der Waals surface area contributed by atoms with Crippen LogP contribution in [0, 0.1) is 0 Å². The molecule has 1 aromatic rings. The first-order valence-electron chi connectivity index (χ1n) is 6.28. The normalized spacial score (nSPS) is 10.1. The van der Waals surface area contributed by atoms with Crippen molar-refractivity contribution in [2.24, 2.45) is 0 Å². The number of esters is 2. The quantitative estimate of drug-likeness (QED) is 0.637. The second kappa shape index (κ2) is 8.04. The molecule has 8 heteroatoms. The highest BCUT2D eigenvalue weighted by Gasteiger charge is 2.29. The topological polar surface area (TPSA) is 81.7 Å². The Hall–Kier alpha value is -1.54. The van der Waals surface area contributed by atoms with Crippen LogP contribution in [0.25, 0.3) is 0 Å². The molecule has 0 aromatic carbocycles. The fourth-order valence-electron chi connectivity index (χ4n) is 1.58. The fourth-order valence-corrected chi connectivity index (χ4v) is 3.42. The third-order valence-electron chi connectivity index (χ3n) is 2.30. The number of hydrogen-bond donors (Lipinski definition) is 1. The Morgan fingerprint density at radius 2 is 1.71 bits per heavy atom. The smallest absolute Gasteiger partial charge is 0.350 e. The molecule has 1 amide bonds. The number of hydrogen-bond acceptors (Lipinski definition) is 7. The molecule has 0 fully saturated rings. The van der Waals surface area contributed by atoms with Gasteiger partial charge in [0.2, 0.25) is 5.91 Å². The second-order valence-corrected chi connectivity index (χ2v) is 5.89. The average Bonchev–Trinajstić information content (AvgIpc) is 2.77. The lowest BCUT2D eigenvalue weighted by Gasteiger charge is -2.08. The summed E-state index contributed by atoms with van der Waals surface area (Å²) in [5, 5.41) is 2.53. The van der Waals surface area contributed by atoms with Crippen LogP contribution in [0.3, 0.4) is 0 Å². The first-order chi connectivity index (χ1) is 9.96. The Labute approximate surface area is 131 Å². The van der Waals surface area contributed by atoms with Crippen molar-refractivity contribution in [3.05, 3.63) is 10.4 Å². The van der Waals surface area contributed by atoms with Crippen LogP contribution in [0.1, 0.15) is 40.8 Å². The van der Waals surface area contributed by atoms with Gasteiger partial charge in [0.15, 0.2) is 0 Å². The van der Waals surface area contributed by atoms with Crippen LogP contribution in [0.4, 0.5) is 5.69 Å². The van der Waals surface area contributed by atoms with Crippen molar-refractivity contribution in [3.8, 4) is 0 Å². The Balaban J connectivity index is 3.40. The molecule has 0 spiro atoms. The largest absolute Gasteiger partial charge is 0.462 e. The van der Waals surface area contributed by atoms with Gasteiger partial charge in [0.1, 0.15) is 10.4 Å². The van der Waals surface area contributed by atoms with Gasteiger partial charge in [-0.05, 0) is 20.1 Å². The molecule has 1 rings (SSSR count). The number of carbonyl (C=O) groups is 3. The van der Waals surface area contributed by atoms with E-state index in [0.29, 0.717) is 4.21 Å². The molecular formula is C13H17NO5S2. The van der Waals surface area contributed by atoms with Crippen molar-refractivity contribution >= 4 is 46.6 Å². The van der Waals surface area contributed by atoms with Crippen molar-refractivity contribution in [3.63, 3.8) is 0 Å². The molecule has 0 atom stereocenters. The lowest BCUT2D eigenvalue weighted by atomic mass is 10.2. The molecule has 0 aliphatic carbocycles. The molecule has 0 saturated carbocycles. The van der Waals surface area contributed by atoms with E-state index in [9.17, 15) is 14.4 Å². The maximum atomic E-state index is 12.1. The summed E-state index contributed by atoms with van der Waals surface area (Å²) in [5.41, 5.74) is 0.362. The van der Waals surface area contributed by atoms with E-state index in [1.807, 2.05) is 0 Å². The van der Waals surface area contributed by atoms with Gasteiger partial charge in [-0.15, -0.1) is 23.1 Å². The van der Waals surface area contributed by atoms with Crippen molar-refractivity contribution in [1.29, 1.82) is 0 Å². The SMILES string of the molecule is CCOC(=O)c1sc(SC)c(C(=O)OCC)c1NC(C)=O. The summed E-state index contributed by atoms with van der Waals surface area (Å²) < 4.78 is 10.6. The molecule has 6 nitrogen and oxygen atoms in total. The molecule has 0 saturated heterocycles. The highest BCUT2D eigenvalue weighted by Crippen LogP contribution is 2.40. The molecule has 1 N–H and O–H groups in total. The number of amides is 1. The van der Waals surface area contributed by atoms with Crippen molar-refractivity contribution in [2.45, 2.75) is 25.0 Å². The first kappa shape index (κ1) is 17.5. The summed E-state index contributed by atoms with van der Waals surface area (Å²) in [6, 6.07) is 0. The van der Waals surface area contributed by atoms with E-state index < -0.39 is 11.9 Å². The predicted molar refractivity (Wildman–Crippen MR) is 82.3 cm³/mol. The summed E-state index contributed by atoms with van der Waals surface area (Å²) in [6.07, 6.45) is 1.78. The molecule has 0 unspecified atom stereocenters. The summed E-state index contributed by atoms with van der Waals surface area (Å²) >= 11 is 2.41. The lowest BCUT2D eigenvalue weighted by Crippen LogP contribution is -2.15. The van der Waals surface area contributed by atoms with Crippen LogP contribution < -0.4 is 5.32 Å². The van der Waals surface area contributed by atoms with Gasteiger partial charge in [0.05, 0.1) is 23.1 Å². The van der Waals surface area contributed by atoms with Gasteiger partial charge in [-0.25, -0.2) is 9.59 Å². The number of anilines is 1. The molecule has 0 aliphatic rings. The fraction of sp³-hybridized carbons (Fsp3) is 0.462. The zero-order valence-corrected chi connectivity index (χ0v) is 13.9. The van der Waals surface area contributed by atoms with E-state index >= 15 is 0 Å². The Morgan fingerprint density at radius 3 is 2.19 bits per heavy atom. The molecule has 0 bridgehead atoms. The average molecular weight is 331 g/mol.